The van der Waals surface area contributed by atoms with E-state index in [1.807, 2.05) is 13.8 Å². The number of aromatic nitrogens is 2. The molecule has 0 bridgehead atoms. The van der Waals surface area contributed by atoms with Crippen molar-refractivity contribution in [1.82, 2.24) is 20.2 Å². The van der Waals surface area contributed by atoms with Crippen molar-refractivity contribution >= 4 is 0 Å². The number of rotatable bonds is 5. The average molecular weight is 278 g/mol. The summed E-state index contributed by atoms with van der Waals surface area (Å²) in [5, 5.41) is 3.37. The number of H-pyrrole nitrogens is 1. The van der Waals surface area contributed by atoms with Gasteiger partial charge in [-0.3, -0.25) is 9.69 Å². The molecule has 1 aliphatic heterocycles. The van der Waals surface area contributed by atoms with Gasteiger partial charge < -0.3 is 10.3 Å². The van der Waals surface area contributed by atoms with Crippen molar-refractivity contribution < 1.29 is 0 Å². The zero-order valence-corrected chi connectivity index (χ0v) is 12.8. The quantitative estimate of drug-likeness (QED) is 0.854. The number of aromatic amines is 1. The first-order chi connectivity index (χ1) is 9.67. The van der Waals surface area contributed by atoms with Crippen molar-refractivity contribution in [3.8, 4) is 0 Å². The predicted molar refractivity (Wildman–Crippen MR) is 81.1 cm³/mol. The Morgan fingerprint density at radius 3 is 2.55 bits per heavy atom. The fraction of sp³-hybridized carbons (Fsp3) is 0.733. The second kappa shape index (κ2) is 6.99. The van der Waals surface area contributed by atoms with E-state index < -0.39 is 0 Å². The minimum Gasteiger partial charge on any atom is -0.314 e. The molecule has 1 aromatic heterocycles. The van der Waals surface area contributed by atoms with Crippen LogP contribution in [0.15, 0.2) is 4.79 Å². The molecule has 0 radical (unpaired) electrons. The molecule has 2 rings (SSSR count). The van der Waals surface area contributed by atoms with Crippen LogP contribution >= 0.6 is 0 Å². The Morgan fingerprint density at radius 1 is 1.30 bits per heavy atom. The first kappa shape index (κ1) is 15.2. The van der Waals surface area contributed by atoms with E-state index in [0.717, 1.165) is 62.5 Å². The highest BCUT2D eigenvalue weighted by Crippen LogP contribution is 2.23. The van der Waals surface area contributed by atoms with Crippen molar-refractivity contribution in [2.75, 3.05) is 26.2 Å². The number of piperazine rings is 1. The summed E-state index contributed by atoms with van der Waals surface area (Å²) in [6.45, 7) is 10.2. The molecule has 112 valence electrons. The lowest BCUT2D eigenvalue weighted by atomic mass is 10.1. The highest BCUT2D eigenvalue weighted by Gasteiger charge is 2.24. The van der Waals surface area contributed by atoms with Crippen LogP contribution in [0.2, 0.25) is 0 Å². The molecule has 0 aliphatic carbocycles. The SMILES string of the molecule is CCCC(c1nc(C)c(CC)c(=O)[nH]1)N1CCNCC1. The maximum atomic E-state index is 12.2. The van der Waals surface area contributed by atoms with Crippen LogP contribution in [0.4, 0.5) is 0 Å². The topological polar surface area (TPSA) is 61.0 Å². The van der Waals surface area contributed by atoms with Crippen molar-refractivity contribution in [3.05, 3.63) is 27.4 Å². The third-order valence-corrected chi connectivity index (χ3v) is 4.06. The fourth-order valence-corrected chi connectivity index (χ4v) is 2.97. The third kappa shape index (κ3) is 3.27. The van der Waals surface area contributed by atoms with E-state index in [4.69, 9.17) is 0 Å². The molecule has 5 heteroatoms. The molecule has 0 amide bonds. The molecule has 0 spiro atoms. The fourth-order valence-electron chi connectivity index (χ4n) is 2.97. The number of nitrogens with zero attached hydrogens (tertiary/aromatic N) is 2. The van der Waals surface area contributed by atoms with Gasteiger partial charge in [0.1, 0.15) is 5.82 Å². The van der Waals surface area contributed by atoms with Crippen LogP contribution in [-0.2, 0) is 6.42 Å². The maximum Gasteiger partial charge on any atom is 0.254 e. The molecule has 5 nitrogen and oxygen atoms in total. The van der Waals surface area contributed by atoms with Crippen LogP contribution in [0.3, 0.4) is 0 Å². The molecule has 2 heterocycles. The molecule has 1 saturated heterocycles. The molecule has 0 saturated carbocycles. The summed E-state index contributed by atoms with van der Waals surface area (Å²) in [5.41, 5.74) is 1.72. The second-order valence-electron chi connectivity index (χ2n) is 5.46. The largest absolute Gasteiger partial charge is 0.314 e. The van der Waals surface area contributed by atoms with E-state index in [2.05, 4.69) is 27.1 Å². The number of hydrogen-bond donors (Lipinski definition) is 2. The lowest BCUT2D eigenvalue weighted by molar-refractivity contribution is 0.157. The van der Waals surface area contributed by atoms with Crippen LogP contribution in [0.25, 0.3) is 0 Å². The van der Waals surface area contributed by atoms with Gasteiger partial charge in [0.15, 0.2) is 0 Å². The molecular weight excluding hydrogens is 252 g/mol. The van der Waals surface area contributed by atoms with Gasteiger partial charge in [0.25, 0.3) is 5.56 Å². The first-order valence-corrected chi connectivity index (χ1v) is 7.71. The normalized spacial score (nSPS) is 18.1. The van der Waals surface area contributed by atoms with Gasteiger partial charge in [0, 0.05) is 37.4 Å². The summed E-state index contributed by atoms with van der Waals surface area (Å²) >= 11 is 0. The van der Waals surface area contributed by atoms with Gasteiger partial charge in [-0.15, -0.1) is 0 Å². The monoisotopic (exact) mass is 278 g/mol. The van der Waals surface area contributed by atoms with Gasteiger partial charge >= 0.3 is 0 Å². The summed E-state index contributed by atoms with van der Waals surface area (Å²) in [6, 6.07) is 0.236. The van der Waals surface area contributed by atoms with E-state index in [1.165, 1.54) is 0 Å². The Balaban J connectivity index is 2.31. The van der Waals surface area contributed by atoms with Gasteiger partial charge in [0.05, 0.1) is 6.04 Å². The number of aryl methyl sites for hydroxylation is 1. The van der Waals surface area contributed by atoms with Crippen molar-refractivity contribution in [2.45, 2.75) is 46.1 Å². The minimum absolute atomic E-state index is 0.0336. The first-order valence-electron chi connectivity index (χ1n) is 7.71. The van der Waals surface area contributed by atoms with Crippen LogP contribution in [-0.4, -0.2) is 41.0 Å². The molecule has 2 N–H and O–H groups in total. The van der Waals surface area contributed by atoms with Crippen LogP contribution in [0.1, 0.15) is 49.8 Å². The highest BCUT2D eigenvalue weighted by atomic mass is 16.1. The third-order valence-electron chi connectivity index (χ3n) is 4.06. The molecule has 1 unspecified atom stereocenters. The van der Waals surface area contributed by atoms with Gasteiger partial charge in [-0.2, -0.15) is 0 Å². The smallest absolute Gasteiger partial charge is 0.254 e. The van der Waals surface area contributed by atoms with E-state index >= 15 is 0 Å². The Bertz CT molecular complexity index is 491. The van der Waals surface area contributed by atoms with Gasteiger partial charge in [-0.1, -0.05) is 20.3 Å². The van der Waals surface area contributed by atoms with Crippen LogP contribution in [0, 0.1) is 6.92 Å². The van der Waals surface area contributed by atoms with Crippen molar-refractivity contribution in [1.29, 1.82) is 0 Å². The number of hydrogen-bond acceptors (Lipinski definition) is 4. The highest BCUT2D eigenvalue weighted by molar-refractivity contribution is 5.17. The van der Waals surface area contributed by atoms with Crippen LogP contribution < -0.4 is 10.9 Å². The predicted octanol–water partition coefficient (Wildman–Crippen LogP) is 1.39. The lowest BCUT2D eigenvalue weighted by Crippen LogP contribution is -2.45. The molecule has 1 aliphatic rings. The van der Waals surface area contributed by atoms with Crippen LogP contribution in [0.5, 0.6) is 0 Å². The standard InChI is InChI=1S/C15H26N4O/c1-4-6-13(19-9-7-16-8-10-19)14-17-11(3)12(5-2)15(20)18-14/h13,16H,4-10H2,1-3H3,(H,17,18,20). The summed E-state index contributed by atoms with van der Waals surface area (Å²) in [5.74, 6) is 0.841. The zero-order valence-electron chi connectivity index (χ0n) is 12.8. The van der Waals surface area contributed by atoms with Gasteiger partial charge in [0.2, 0.25) is 0 Å². The second-order valence-corrected chi connectivity index (χ2v) is 5.46. The van der Waals surface area contributed by atoms with Crippen molar-refractivity contribution in [3.63, 3.8) is 0 Å². The zero-order chi connectivity index (χ0) is 14.5. The summed E-state index contributed by atoms with van der Waals surface area (Å²) < 4.78 is 0. The Labute approximate surface area is 120 Å². The minimum atomic E-state index is 0.0336. The molecule has 1 aromatic rings. The van der Waals surface area contributed by atoms with E-state index in [-0.39, 0.29) is 11.6 Å². The average Bonchev–Trinajstić information content (AvgIpc) is 2.45. The molecule has 1 atom stereocenters. The Morgan fingerprint density at radius 2 is 2.00 bits per heavy atom. The Kier molecular flexibility index (Phi) is 5.31. The lowest BCUT2D eigenvalue weighted by Gasteiger charge is -2.34. The Hall–Kier alpha value is -1.20. The molecule has 1 fully saturated rings. The van der Waals surface area contributed by atoms with E-state index in [9.17, 15) is 4.79 Å². The molecule has 0 aromatic carbocycles. The summed E-state index contributed by atoms with van der Waals surface area (Å²) in [7, 11) is 0. The molecular formula is C15H26N4O. The van der Waals surface area contributed by atoms with Crippen molar-refractivity contribution in [2.24, 2.45) is 0 Å². The van der Waals surface area contributed by atoms with Gasteiger partial charge in [-0.05, 0) is 19.8 Å². The summed E-state index contributed by atoms with van der Waals surface area (Å²) in [6.07, 6.45) is 2.86. The van der Waals surface area contributed by atoms with E-state index in [1.54, 1.807) is 0 Å². The van der Waals surface area contributed by atoms with Gasteiger partial charge in [-0.25, -0.2) is 4.98 Å². The number of nitrogens with one attached hydrogen (secondary N) is 2. The maximum absolute atomic E-state index is 12.2. The van der Waals surface area contributed by atoms with E-state index in [0.29, 0.717) is 0 Å². The molecule has 20 heavy (non-hydrogen) atoms. The summed E-state index contributed by atoms with van der Waals surface area (Å²) in [4.78, 5) is 22.3.